The number of para-hydroxylation sites is 1. The van der Waals surface area contributed by atoms with Gasteiger partial charge in [-0.2, -0.15) is 0 Å². The summed E-state index contributed by atoms with van der Waals surface area (Å²) in [6.07, 6.45) is 0.0861. The third-order valence-electron chi connectivity index (χ3n) is 2.88. The molecule has 0 radical (unpaired) electrons. The zero-order valence-electron chi connectivity index (χ0n) is 11.6. The third kappa shape index (κ3) is 3.18. The van der Waals surface area contributed by atoms with Crippen LogP contribution in [0.2, 0.25) is 0 Å². The van der Waals surface area contributed by atoms with Crippen molar-refractivity contribution in [3.63, 3.8) is 0 Å². The van der Waals surface area contributed by atoms with Crippen LogP contribution < -0.4 is 4.74 Å². The van der Waals surface area contributed by atoms with E-state index < -0.39 is 6.10 Å². The second kappa shape index (κ2) is 5.93. The first-order valence-corrected chi connectivity index (χ1v) is 6.64. The van der Waals surface area contributed by atoms with E-state index in [0.29, 0.717) is 11.5 Å². The number of ether oxygens (including phenoxy) is 1. The molecule has 19 heavy (non-hydrogen) atoms. The Kier molecular flexibility index (Phi) is 4.27. The molecule has 0 saturated heterocycles. The van der Waals surface area contributed by atoms with E-state index in [1.807, 2.05) is 57.2 Å². The molecular formula is C16H20O3. The van der Waals surface area contributed by atoms with Crippen molar-refractivity contribution in [2.24, 2.45) is 0 Å². The Hall–Kier alpha value is -1.74. The third-order valence-corrected chi connectivity index (χ3v) is 2.88. The van der Waals surface area contributed by atoms with Crippen LogP contribution in [0.4, 0.5) is 0 Å². The summed E-state index contributed by atoms with van der Waals surface area (Å²) < 4.78 is 11.3. The van der Waals surface area contributed by atoms with Crippen molar-refractivity contribution in [3.05, 3.63) is 53.5 Å². The fourth-order valence-electron chi connectivity index (χ4n) is 1.95. The SMILES string of the molecule is CCc1ccc(C(O)c2ccccc2OC(C)C)o1. The number of furan rings is 1. The van der Waals surface area contributed by atoms with Crippen molar-refractivity contribution >= 4 is 0 Å². The van der Waals surface area contributed by atoms with Crippen LogP contribution in [-0.4, -0.2) is 11.2 Å². The minimum absolute atomic E-state index is 0.0659. The number of benzene rings is 1. The summed E-state index contributed by atoms with van der Waals surface area (Å²) >= 11 is 0. The first-order valence-electron chi connectivity index (χ1n) is 6.64. The Bertz CT molecular complexity index is 528. The Morgan fingerprint density at radius 2 is 1.89 bits per heavy atom. The second-order valence-corrected chi connectivity index (χ2v) is 4.76. The maximum atomic E-state index is 10.4. The van der Waals surface area contributed by atoms with E-state index in [-0.39, 0.29) is 6.10 Å². The Morgan fingerprint density at radius 3 is 2.53 bits per heavy atom. The van der Waals surface area contributed by atoms with Crippen LogP contribution in [0, 0.1) is 0 Å². The number of aliphatic hydroxyl groups excluding tert-OH is 1. The molecule has 0 aliphatic rings. The summed E-state index contributed by atoms with van der Waals surface area (Å²) in [6, 6.07) is 11.2. The van der Waals surface area contributed by atoms with Crippen molar-refractivity contribution in [2.45, 2.75) is 39.4 Å². The lowest BCUT2D eigenvalue weighted by Gasteiger charge is -2.16. The van der Waals surface area contributed by atoms with E-state index in [0.717, 1.165) is 17.7 Å². The number of rotatable bonds is 5. The maximum absolute atomic E-state index is 10.4. The van der Waals surface area contributed by atoms with Gasteiger partial charge in [-0.25, -0.2) is 0 Å². The maximum Gasteiger partial charge on any atom is 0.140 e. The van der Waals surface area contributed by atoms with Gasteiger partial charge < -0.3 is 14.3 Å². The van der Waals surface area contributed by atoms with Crippen LogP contribution in [0.3, 0.4) is 0 Å². The largest absolute Gasteiger partial charge is 0.491 e. The van der Waals surface area contributed by atoms with Crippen molar-refractivity contribution in [1.29, 1.82) is 0 Å². The van der Waals surface area contributed by atoms with E-state index in [9.17, 15) is 5.11 Å². The van der Waals surface area contributed by atoms with Crippen molar-refractivity contribution in [1.82, 2.24) is 0 Å². The van der Waals surface area contributed by atoms with Crippen LogP contribution in [0.15, 0.2) is 40.8 Å². The van der Waals surface area contributed by atoms with Crippen LogP contribution in [0.5, 0.6) is 5.75 Å². The van der Waals surface area contributed by atoms with E-state index in [2.05, 4.69) is 0 Å². The minimum Gasteiger partial charge on any atom is -0.491 e. The summed E-state index contributed by atoms with van der Waals surface area (Å²) in [4.78, 5) is 0. The smallest absolute Gasteiger partial charge is 0.140 e. The van der Waals surface area contributed by atoms with E-state index in [1.165, 1.54) is 0 Å². The van der Waals surface area contributed by atoms with Gasteiger partial charge in [-0.3, -0.25) is 0 Å². The van der Waals surface area contributed by atoms with Gasteiger partial charge in [0, 0.05) is 12.0 Å². The Balaban J connectivity index is 2.29. The molecule has 0 aliphatic heterocycles. The van der Waals surface area contributed by atoms with Gasteiger partial charge in [0.05, 0.1) is 6.10 Å². The highest BCUT2D eigenvalue weighted by molar-refractivity contribution is 5.38. The van der Waals surface area contributed by atoms with E-state index >= 15 is 0 Å². The first kappa shape index (κ1) is 13.7. The van der Waals surface area contributed by atoms with Gasteiger partial charge in [-0.05, 0) is 32.0 Å². The molecule has 102 valence electrons. The molecule has 3 heteroatoms. The molecule has 1 atom stereocenters. The molecule has 0 saturated carbocycles. The topological polar surface area (TPSA) is 42.6 Å². The zero-order valence-corrected chi connectivity index (χ0v) is 11.6. The molecule has 3 nitrogen and oxygen atoms in total. The first-order chi connectivity index (χ1) is 9.11. The summed E-state index contributed by atoms with van der Waals surface area (Å²) in [5.74, 6) is 2.12. The van der Waals surface area contributed by atoms with Crippen molar-refractivity contribution in [3.8, 4) is 5.75 Å². The predicted octanol–water partition coefficient (Wildman–Crippen LogP) is 3.71. The molecule has 0 amide bonds. The number of hydrogen-bond acceptors (Lipinski definition) is 3. The van der Waals surface area contributed by atoms with Crippen LogP contribution >= 0.6 is 0 Å². The molecule has 0 bridgehead atoms. The average molecular weight is 260 g/mol. The predicted molar refractivity (Wildman–Crippen MR) is 74.4 cm³/mol. The van der Waals surface area contributed by atoms with Crippen molar-refractivity contribution in [2.75, 3.05) is 0 Å². The fraction of sp³-hybridized carbons (Fsp3) is 0.375. The summed E-state index contributed by atoms with van der Waals surface area (Å²) in [5, 5.41) is 10.4. The lowest BCUT2D eigenvalue weighted by Crippen LogP contribution is -2.09. The Morgan fingerprint density at radius 1 is 1.16 bits per heavy atom. The highest BCUT2D eigenvalue weighted by atomic mass is 16.5. The standard InChI is InChI=1S/C16H20O3/c1-4-12-9-10-15(19-12)16(17)13-7-5-6-8-14(13)18-11(2)3/h5-11,16-17H,4H2,1-3H3. The van der Waals surface area contributed by atoms with Crippen LogP contribution in [0.25, 0.3) is 0 Å². The van der Waals surface area contributed by atoms with Gasteiger partial charge >= 0.3 is 0 Å². The molecule has 2 rings (SSSR count). The molecular weight excluding hydrogens is 240 g/mol. The monoisotopic (exact) mass is 260 g/mol. The molecule has 0 spiro atoms. The van der Waals surface area contributed by atoms with Gasteiger partial charge in [0.25, 0.3) is 0 Å². The van der Waals surface area contributed by atoms with Crippen LogP contribution in [0.1, 0.15) is 44.0 Å². The molecule has 2 aromatic rings. The van der Waals surface area contributed by atoms with Gasteiger partial charge in [-0.15, -0.1) is 0 Å². The summed E-state index contributed by atoms with van der Waals surface area (Å²) in [7, 11) is 0. The molecule has 0 aliphatic carbocycles. The van der Waals surface area contributed by atoms with Gasteiger partial charge in [-0.1, -0.05) is 25.1 Å². The number of hydrogen-bond donors (Lipinski definition) is 1. The quantitative estimate of drug-likeness (QED) is 0.891. The molecule has 1 unspecified atom stereocenters. The molecule has 1 heterocycles. The van der Waals surface area contributed by atoms with Gasteiger partial charge in [0.15, 0.2) is 0 Å². The second-order valence-electron chi connectivity index (χ2n) is 4.76. The van der Waals surface area contributed by atoms with Gasteiger partial charge in [0.2, 0.25) is 0 Å². The zero-order chi connectivity index (χ0) is 13.8. The minimum atomic E-state index is -0.796. The lowest BCUT2D eigenvalue weighted by atomic mass is 10.1. The molecule has 1 aromatic heterocycles. The molecule has 1 N–H and O–H groups in total. The summed E-state index contributed by atoms with van der Waals surface area (Å²) in [6.45, 7) is 5.95. The average Bonchev–Trinajstić information content (AvgIpc) is 2.86. The highest BCUT2D eigenvalue weighted by Crippen LogP contribution is 2.31. The van der Waals surface area contributed by atoms with E-state index in [4.69, 9.17) is 9.15 Å². The molecule has 0 fully saturated rings. The Labute approximate surface area is 113 Å². The van der Waals surface area contributed by atoms with E-state index in [1.54, 1.807) is 0 Å². The lowest BCUT2D eigenvalue weighted by molar-refractivity contribution is 0.174. The normalized spacial score (nSPS) is 12.7. The highest BCUT2D eigenvalue weighted by Gasteiger charge is 2.19. The fourth-order valence-corrected chi connectivity index (χ4v) is 1.95. The molecule has 1 aromatic carbocycles. The van der Waals surface area contributed by atoms with Crippen molar-refractivity contribution < 1.29 is 14.3 Å². The van der Waals surface area contributed by atoms with Crippen LogP contribution in [-0.2, 0) is 6.42 Å². The number of aryl methyl sites for hydroxylation is 1. The van der Waals surface area contributed by atoms with Gasteiger partial charge in [0.1, 0.15) is 23.4 Å². The number of aliphatic hydroxyl groups is 1. The summed E-state index contributed by atoms with van der Waals surface area (Å²) in [5.41, 5.74) is 0.730.